The molecular formula is C14H18N2OS. The first-order chi connectivity index (χ1) is 8.78. The summed E-state index contributed by atoms with van der Waals surface area (Å²) in [6.07, 6.45) is 1.26. The minimum atomic E-state index is 0.249. The Hall–Kier alpha value is -1.55. The van der Waals surface area contributed by atoms with Crippen molar-refractivity contribution in [1.29, 1.82) is 0 Å². The van der Waals surface area contributed by atoms with Gasteiger partial charge in [-0.15, -0.1) is 11.3 Å². The summed E-state index contributed by atoms with van der Waals surface area (Å²) in [4.78, 5) is 4.24. The van der Waals surface area contributed by atoms with Gasteiger partial charge < -0.3 is 10.1 Å². The second kappa shape index (κ2) is 6.40. The second-order valence-corrected chi connectivity index (χ2v) is 4.92. The number of anilines is 1. The van der Waals surface area contributed by atoms with E-state index in [4.69, 9.17) is 4.74 Å². The number of thiazole rings is 1. The zero-order chi connectivity index (χ0) is 12.8. The summed E-state index contributed by atoms with van der Waals surface area (Å²) in [7, 11) is 0. The number of aromatic nitrogens is 1. The first-order valence-corrected chi connectivity index (χ1v) is 7.10. The maximum atomic E-state index is 5.79. The molecule has 0 unspecified atom stereocenters. The summed E-state index contributed by atoms with van der Waals surface area (Å²) in [5, 5.41) is 5.39. The van der Waals surface area contributed by atoms with Gasteiger partial charge in [-0.25, -0.2) is 4.98 Å². The molecule has 0 spiro atoms. The Labute approximate surface area is 112 Å². The van der Waals surface area contributed by atoms with Crippen LogP contribution in [0.3, 0.4) is 0 Å². The van der Waals surface area contributed by atoms with E-state index in [1.165, 1.54) is 0 Å². The molecule has 0 aliphatic rings. The fourth-order valence-corrected chi connectivity index (χ4v) is 2.07. The van der Waals surface area contributed by atoms with Gasteiger partial charge in [-0.1, -0.05) is 13.0 Å². The Morgan fingerprint density at radius 2 is 2.33 bits per heavy atom. The van der Waals surface area contributed by atoms with E-state index in [0.717, 1.165) is 30.1 Å². The van der Waals surface area contributed by atoms with Gasteiger partial charge in [0.2, 0.25) is 0 Å². The third-order valence-electron chi connectivity index (χ3n) is 2.70. The molecule has 0 amide bonds. The Balaban J connectivity index is 1.94. The maximum Gasteiger partial charge on any atom is 0.121 e. The summed E-state index contributed by atoms with van der Waals surface area (Å²) in [6.45, 7) is 4.95. The van der Waals surface area contributed by atoms with Crippen molar-refractivity contribution in [2.75, 3.05) is 5.32 Å². The van der Waals surface area contributed by atoms with E-state index in [-0.39, 0.29) is 6.10 Å². The molecule has 0 bridgehead atoms. The van der Waals surface area contributed by atoms with E-state index in [9.17, 15) is 0 Å². The van der Waals surface area contributed by atoms with Crippen molar-refractivity contribution in [3.63, 3.8) is 0 Å². The Bertz CT molecular complexity index is 470. The highest BCUT2D eigenvalue weighted by Crippen LogP contribution is 2.19. The quantitative estimate of drug-likeness (QED) is 0.856. The summed E-state index contributed by atoms with van der Waals surface area (Å²) >= 11 is 1.61. The highest BCUT2D eigenvalue weighted by molar-refractivity contribution is 7.07. The van der Waals surface area contributed by atoms with Crippen LogP contribution in [0.5, 0.6) is 5.75 Å². The minimum absolute atomic E-state index is 0.249. The summed E-state index contributed by atoms with van der Waals surface area (Å²) < 4.78 is 5.79. The maximum absolute atomic E-state index is 5.79. The van der Waals surface area contributed by atoms with E-state index in [0.29, 0.717) is 0 Å². The fourth-order valence-electron chi connectivity index (χ4n) is 1.51. The van der Waals surface area contributed by atoms with Crippen molar-refractivity contribution in [1.82, 2.24) is 4.98 Å². The zero-order valence-corrected chi connectivity index (χ0v) is 11.5. The van der Waals surface area contributed by atoms with Gasteiger partial charge in [-0.05, 0) is 25.5 Å². The molecule has 0 fully saturated rings. The van der Waals surface area contributed by atoms with Gasteiger partial charge in [0.15, 0.2) is 0 Å². The van der Waals surface area contributed by atoms with E-state index >= 15 is 0 Å². The lowest BCUT2D eigenvalue weighted by Gasteiger charge is -2.13. The summed E-state index contributed by atoms with van der Waals surface area (Å²) in [5.41, 5.74) is 3.97. The number of nitrogens with zero attached hydrogens (tertiary/aromatic N) is 1. The van der Waals surface area contributed by atoms with Crippen molar-refractivity contribution in [3.05, 3.63) is 40.8 Å². The predicted octanol–water partition coefficient (Wildman–Crippen LogP) is 3.93. The second-order valence-electron chi connectivity index (χ2n) is 4.20. The lowest BCUT2D eigenvalue weighted by atomic mass is 10.2. The van der Waals surface area contributed by atoms with Crippen LogP contribution < -0.4 is 10.1 Å². The van der Waals surface area contributed by atoms with E-state index < -0.39 is 0 Å². The third-order valence-corrected chi connectivity index (χ3v) is 3.34. The molecule has 0 saturated heterocycles. The van der Waals surface area contributed by atoms with Crippen LogP contribution in [-0.4, -0.2) is 11.1 Å². The molecule has 1 atom stereocenters. The van der Waals surface area contributed by atoms with Crippen molar-refractivity contribution in [3.8, 4) is 5.75 Å². The number of benzene rings is 1. The Morgan fingerprint density at radius 3 is 3.06 bits per heavy atom. The lowest BCUT2D eigenvalue weighted by molar-refractivity contribution is 0.217. The molecule has 0 aliphatic heterocycles. The number of hydrogen-bond donors (Lipinski definition) is 1. The average molecular weight is 262 g/mol. The van der Waals surface area contributed by atoms with E-state index in [1.807, 2.05) is 35.2 Å². The van der Waals surface area contributed by atoms with Gasteiger partial charge in [-0.3, -0.25) is 0 Å². The highest BCUT2D eigenvalue weighted by atomic mass is 32.1. The van der Waals surface area contributed by atoms with Gasteiger partial charge in [0.05, 0.1) is 23.9 Å². The largest absolute Gasteiger partial charge is 0.491 e. The Morgan fingerprint density at radius 1 is 1.44 bits per heavy atom. The van der Waals surface area contributed by atoms with Crippen molar-refractivity contribution in [2.24, 2.45) is 0 Å². The molecular weight excluding hydrogens is 244 g/mol. The molecule has 3 nitrogen and oxygen atoms in total. The number of rotatable bonds is 6. The molecule has 1 N–H and O–H groups in total. The van der Waals surface area contributed by atoms with Crippen LogP contribution in [-0.2, 0) is 6.54 Å². The fraction of sp³-hybridized carbons (Fsp3) is 0.357. The Kier molecular flexibility index (Phi) is 4.59. The van der Waals surface area contributed by atoms with Crippen LogP contribution >= 0.6 is 11.3 Å². The molecule has 2 aromatic rings. The van der Waals surface area contributed by atoms with E-state index in [1.54, 1.807) is 11.3 Å². The molecule has 0 aliphatic carbocycles. The minimum Gasteiger partial charge on any atom is -0.491 e. The van der Waals surface area contributed by atoms with Crippen LogP contribution in [0.2, 0.25) is 0 Å². The number of ether oxygens (including phenoxy) is 1. The van der Waals surface area contributed by atoms with Crippen LogP contribution in [0.1, 0.15) is 26.0 Å². The molecule has 96 valence electrons. The molecule has 1 aromatic carbocycles. The van der Waals surface area contributed by atoms with Gasteiger partial charge in [-0.2, -0.15) is 0 Å². The first-order valence-electron chi connectivity index (χ1n) is 6.15. The van der Waals surface area contributed by atoms with Gasteiger partial charge in [0, 0.05) is 17.1 Å². The third kappa shape index (κ3) is 3.74. The first kappa shape index (κ1) is 12.9. The van der Waals surface area contributed by atoms with Gasteiger partial charge in [0.25, 0.3) is 0 Å². The van der Waals surface area contributed by atoms with Crippen molar-refractivity contribution >= 4 is 17.0 Å². The smallest absolute Gasteiger partial charge is 0.121 e. The lowest BCUT2D eigenvalue weighted by Crippen LogP contribution is -2.09. The summed E-state index contributed by atoms with van der Waals surface area (Å²) in [6, 6.07) is 8.05. The number of hydrogen-bond acceptors (Lipinski definition) is 4. The molecule has 4 heteroatoms. The van der Waals surface area contributed by atoms with Crippen molar-refractivity contribution < 1.29 is 4.74 Å². The molecule has 0 saturated carbocycles. The van der Waals surface area contributed by atoms with Crippen LogP contribution in [0.15, 0.2) is 35.2 Å². The van der Waals surface area contributed by atoms with Crippen LogP contribution in [0.25, 0.3) is 0 Å². The predicted molar refractivity (Wildman–Crippen MR) is 76.3 cm³/mol. The number of nitrogens with one attached hydrogen (secondary N) is 1. The van der Waals surface area contributed by atoms with Gasteiger partial charge >= 0.3 is 0 Å². The molecule has 2 rings (SSSR count). The topological polar surface area (TPSA) is 34.1 Å². The molecule has 18 heavy (non-hydrogen) atoms. The molecule has 1 aromatic heterocycles. The standard InChI is InChI=1S/C14H18N2OS/c1-3-11(2)17-14-6-4-5-12(7-14)15-8-13-9-18-10-16-13/h4-7,9-11,15H,3,8H2,1-2H3/t11-/m1/s1. The SMILES string of the molecule is CC[C@@H](C)Oc1cccc(NCc2cscn2)c1. The van der Waals surface area contributed by atoms with Crippen molar-refractivity contribution in [2.45, 2.75) is 32.9 Å². The zero-order valence-electron chi connectivity index (χ0n) is 10.7. The van der Waals surface area contributed by atoms with E-state index in [2.05, 4.69) is 24.1 Å². The summed E-state index contributed by atoms with van der Waals surface area (Å²) in [5.74, 6) is 0.910. The van der Waals surface area contributed by atoms with Gasteiger partial charge in [0.1, 0.15) is 5.75 Å². The molecule has 0 radical (unpaired) electrons. The molecule has 1 heterocycles. The van der Waals surface area contributed by atoms with Crippen LogP contribution in [0.4, 0.5) is 5.69 Å². The normalized spacial score (nSPS) is 12.1. The van der Waals surface area contributed by atoms with Crippen LogP contribution in [0, 0.1) is 0 Å². The average Bonchev–Trinajstić information content (AvgIpc) is 2.90. The highest BCUT2D eigenvalue weighted by Gasteiger charge is 2.02. The monoisotopic (exact) mass is 262 g/mol.